The van der Waals surface area contributed by atoms with Gasteiger partial charge in [0.15, 0.2) is 5.13 Å². The number of nitrogen functional groups attached to an aromatic ring is 1. The number of ether oxygens (including phenoxy) is 1. The Balaban J connectivity index is 1.93. The number of carbonyl (C=O) groups excluding carboxylic acids is 1. The van der Waals surface area contributed by atoms with Gasteiger partial charge in [-0.3, -0.25) is 4.79 Å². The van der Waals surface area contributed by atoms with Crippen LogP contribution in [0.1, 0.15) is 6.92 Å². The van der Waals surface area contributed by atoms with Crippen molar-refractivity contribution >= 4 is 38.3 Å². The number of amides is 1. The van der Waals surface area contributed by atoms with Gasteiger partial charge in [-0.05, 0) is 12.1 Å². The van der Waals surface area contributed by atoms with Gasteiger partial charge in [-0.15, -0.1) is 0 Å². The van der Waals surface area contributed by atoms with Crippen molar-refractivity contribution in [3.8, 4) is 5.75 Å². The summed E-state index contributed by atoms with van der Waals surface area (Å²) in [6.45, 7) is 4.75. The molecule has 7 heteroatoms. The number of piperazine rings is 1. The molecule has 21 heavy (non-hydrogen) atoms. The lowest BCUT2D eigenvalue weighted by Gasteiger charge is -2.35. The average Bonchev–Trinajstić information content (AvgIpc) is 2.87. The lowest BCUT2D eigenvalue weighted by Crippen LogP contribution is -2.48. The number of nitrogens with zero attached hydrogens (tertiary/aromatic N) is 3. The van der Waals surface area contributed by atoms with Crippen molar-refractivity contribution in [2.45, 2.75) is 6.92 Å². The molecule has 1 aromatic carbocycles. The van der Waals surface area contributed by atoms with E-state index in [0.29, 0.717) is 5.13 Å². The van der Waals surface area contributed by atoms with Crippen LogP contribution in [0.3, 0.4) is 0 Å². The molecule has 6 nitrogen and oxygen atoms in total. The second kappa shape index (κ2) is 5.40. The molecule has 0 aliphatic carbocycles. The number of nitrogens with two attached hydrogens (primary N) is 1. The summed E-state index contributed by atoms with van der Waals surface area (Å²) in [7, 11) is 1.63. The fraction of sp³-hybridized carbons (Fsp3) is 0.429. The van der Waals surface area contributed by atoms with Gasteiger partial charge in [0.1, 0.15) is 11.3 Å². The summed E-state index contributed by atoms with van der Waals surface area (Å²) in [5.41, 5.74) is 7.78. The number of anilines is 2. The van der Waals surface area contributed by atoms with Gasteiger partial charge in [-0.1, -0.05) is 11.3 Å². The van der Waals surface area contributed by atoms with Gasteiger partial charge in [0.2, 0.25) is 5.91 Å². The van der Waals surface area contributed by atoms with Gasteiger partial charge >= 0.3 is 0 Å². The Labute approximate surface area is 127 Å². The molecule has 0 radical (unpaired) electrons. The lowest BCUT2D eigenvalue weighted by atomic mass is 10.2. The third-order valence-corrected chi connectivity index (χ3v) is 4.69. The smallest absolute Gasteiger partial charge is 0.219 e. The molecule has 0 atom stereocenters. The molecule has 2 heterocycles. The molecule has 1 fully saturated rings. The highest BCUT2D eigenvalue weighted by Crippen LogP contribution is 2.38. The molecule has 1 aliphatic heterocycles. The summed E-state index contributed by atoms with van der Waals surface area (Å²) in [5, 5.41) is 0.540. The van der Waals surface area contributed by atoms with Crippen LogP contribution in [0.5, 0.6) is 5.75 Å². The fourth-order valence-corrected chi connectivity index (χ4v) is 3.55. The molecular weight excluding hydrogens is 288 g/mol. The number of aromatic nitrogens is 1. The van der Waals surface area contributed by atoms with E-state index in [9.17, 15) is 4.79 Å². The third-order valence-electron chi connectivity index (χ3n) is 3.79. The Morgan fingerprint density at radius 1 is 1.33 bits per heavy atom. The van der Waals surface area contributed by atoms with Crippen LogP contribution in [0.15, 0.2) is 12.1 Å². The van der Waals surface area contributed by atoms with Crippen molar-refractivity contribution < 1.29 is 9.53 Å². The monoisotopic (exact) mass is 306 g/mol. The Hall–Kier alpha value is -2.02. The van der Waals surface area contributed by atoms with E-state index in [1.165, 1.54) is 11.3 Å². The minimum Gasteiger partial charge on any atom is -0.494 e. The third kappa shape index (κ3) is 2.49. The van der Waals surface area contributed by atoms with E-state index in [0.717, 1.165) is 47.8 Å². The Morgan fingerprint density at radius 3 is 2.67 bits per heavy atom. The van der Waals surface area contributed by atoms with Crippen LogP contribution in [-0.4, -0.2) is 49.1 Å². The van der Waals surface area contributed by atoms with E-state index in [4.69, 9.17) is 10.5 Å². The molecule has 0 bridgehead atoms. The molecular formula is C14H18N4O2S. The van der Waals surface area contributed by atoms with Crippen LogP contribution < -0.4 is 15.4 Å². The van der Waals surface area contributed by atoms with Crippen molar-refractivity contribution in [3.05, 3.63) is 12.1 Å². The number of benzene rings is 1. The lowest BCUT2D eigenvalue weighted by molar-refractivity contribution is -0.129. The Kier molecular flexibility index (Phi) is 3.59. The van der Waals surface area contributed by atoms with Crippen LogP contribution in [0.4, 0.5) is 10.8 Å². The minimum absolute atomic E-state index is 0.136. The number of thiazole rings is 1. The number of fused-ring (bicyclic) bond motifs is 1. The molecule has 0 spiro atoms. The fourth-order valence-electron chi connectivity index (χ4n) is 2.66. The normalized spacial score (nSPS) is 15.5. The zero-order valence-electron chi connectivity index (χ0n) is 12.1. The minimum atomic E-state index is 0.136. The average molecular weight is 306 g/mol. The van der Waals surface area contributed by atoms with E-state index in [2.05, 4.69) is 9.88 Å². The van der Waals surface area contributed by atoms with Crippen LogP contribution in [0.2, 0.25) is 0 Å². The maximum absolute atomic E-state index is 11.4. The van der Waals surface area contributed by atoms with Crippen LogP contribution in [-0.2, 0) is 4.79 Å². The summed E-state index contributed by atoms with van der Waals surface area (Å²) in [6, 6.07) is 3.97. The van der Waals surface area contributed by atoms with Crippen molar-refractivity contribution in [1.29, 1.82) is 0 Å². The molecule has 0 unspecified atom stereocenters. The van der Waals surface area contributed by atoms with Gasteiger partial charge in [0.25, 0.3) is 0 Å². The summed E-state index contributed by atoms with van der Waals surface area (Å²) in [5.74, 6) is 0.876. The molecule has 1 amide bonds. The standard InChI is InChI=1S/C14H18N4O2S/c1-9(19)17-5-7-18(8-6-17)10-3-4-11(20-2)12-13(10)21-14(15)16-12/h3-4H,5-8H2,1-2H3,(H2,15,16). The highest BCUT2D eigenvalue weighted by Gasteiger charge is 2.22. The highest BCUT2D eigenvalue weighted by atomic mass is 32.1. The second-order valence-corrected chi connectivity index (χ2v) is 6.04. The van der Waals surface area contributed by atoms with Crippen molar-refractivity contribution in [2.75, 3.05) is 43.9 Å². The predicted molar refractivity (Wildman–Crippen MR) is 85.1 cm³/mol. The number of rotatable bonds is 2. The van der Waals surface area contributed by atoms with Gasteiger partial charge in [0.05, 0.1) is 17.5 Å². The van der Waals surface area contributed by atoms with E-state index in [1.807, 2.05) is 17.0 Å². The van der Waals surface area contributed by atoms with Crippen LogP contribution in [0.25, 0.3) is 10.2 Å². The molecule has 1 saturated heterocycles. The molecule has 0 saturated carbocycles. The summed E-state index contributed by atoms with van der Waals surface area (Å²) in [6.07, 6.45) is 0. The first-order valence-electron chi connectivity index (χ1n) is 6.83. The van der Waals surface area contributed by atoms with Crippen LogP contribution >= 0.6 is 11.3 Å². The van der Waals surface area contributed by atoms with Crippen LogP contribution in [0, 0.1) is 0 Å². The quantitative estimate of drug-likeness (QED) is 0.911. The van der Waals surface area contributed by atoms with Crippen molar-refractivity contribution in [2.24, 2.45) is 0 Å². The summed E-state index contributed by atoms with van der Waals surface area (Å²) >= 11 is 1.47. The topological polar surface area (TPSA) is 71.7 Å². The Bertz CT molecular complexity index is 677. The van der Waals surface area contributed by atoms with Gasteiger partial charge < -0.3 is 20.3 Å². The summed E-state index contributed by atoms with van der Waals surface area (Å²) in [4.78, 5) is 19.9. The van der Waals surface area contributed by atoms with E-state index in [1.54, 1.807) is 14.0 Å². The molecule has 2 N–H and O–H groups in total. The van der Waals surface area contributed by atoms with Gasteiger partial charge in [0, 0.05) is 33.1 Å². The van der Waals surface area contributed by atoms with Gasteiger partial charge in [-0.25, -0.2) is 4.98 Å². The number of carbonyl (C=O) groups is 1. The summed E-state index contributed by atoms with van der Waals surface area (Å²) < 4.78 is 6.39. The van der Waals surface area contributed by atoms with E-state index < -0.39 is 0 Å². The molecule has 1 aromatic heterocycles. The first-order valence-corrected chi connectivity index (χ1v) is 7.65. The zero-order valence-corrected chi connectivity index (χ0v) is 12.9. The first-order chi connectivity index (χ1) is 10.1. The second-order valence-electron chi connectivity index (χ2n) is 5.01. The maximum Gasteiger partial charge on any atom is 0.219 e. The van der Waals surface area contributed by atoms with E-state index in [-0.39, 0.29) is 5.91 Å². The molecule has 112 valence electrons. The van der Waals surface area contributed by atoms with Crippen molar-refractivity contribution in [3.63, 3.8) is 0 Å². The highest BCUT2D eigenvalue weighted by molar-refractivity contribution is 7.22. The Morgan fingerprint density at radius 2 is 2.05 bits per heavy atom. The number of hydrogen-bond acceptors (Lipinski definition) is 6. The maximum atomic E-state index is 11.4. The number of hydrogen-bond donors (Lipinski definition) is 1. The van der Waals surface area contributed by atoms with E-state index >= 15 is 0 Å². The van der Waals surface area contributed by atoms with Crippen molar-refractivity contribution in [1.82, 2.24) is 9.88 Å². The molecule has 2 aromatic rings. The molecule has 1 aliphatic rings. The predicted octanol–water partition coefficient (Wildman–Crippen LogP) is 1.56. The first kappa shape index (κ1) is 13.9. The molecule has 3 rings (SSSR count). The SMILES string of the molecule is COc1ccc(N2CCN(C(C)=O)CC2)c2sc(N)nc12. The van der Waals surface area contributed by atoms with Gasteiger partial charge in [-0.2, -0.15) is 0 Å². The largest absolute Gasteiger partial charge is 0.494 e. The number of methoxy groups -OCH3 is 1. The zero-order chi connectivity index (χ0) is 15.0.